The van der Waals surface area contributed by atoms with Gasteiger partial charge in [0.25, 0.3) is 5.91 Å². The van der Waals surface area contributed by atoms with Gasteiger partial charge in [-0.3, -0.25) is 14.2 Å². The molecule has 0 aliphatic rings. The number of para-hydroxylation sites is 1. The predicted molar refractivity (Wildman–Crippen MR) is 120 cm³/mol. The Hall–Kier alpha value is -2.58. The number of benzene rings is 2. The van der Waals surface area contributed by atoms with Gasteiger partial charge in [-0.15, -0.1) is 0 Å². The first-order chi connectivity index (χ1) is 13.9. The van der Waals surface area contributed by atoms with Crippen LogP contribution in [0, 0.1) is 0 Å². The molecule has 0 saturated heterocycles. The number of imidazole rings is 1. The summed E-state index contributed by atoms with van der Waals surface area (Å²) in [7, 11) is 0. The number of carbonyl (C=O) groups is 2. The average molecular weight is 473 g/mol. The Labute approximate surface area is 182 Å². The normalized spacial score (nSPS) is 10.8. The van der Waals surface area contributed by atoms with E-state index in [1.807, 2.05) is 48.9 Å². The van der Waals surface area contributed by atoms with Crippen molar-refractivity contribution >= 4 is 45.2 Å². The molecule has 6 nitrogen and oxygen atoms in total. The first kappa shape index (κ1) is 21.1. The van der Waals surface area contributed by atoms with Crippen LogP contribution in [-0.4, -0.2) is 33.2 Å². The van der Waals surface area contributed by atoms with Gasteiger partial charge in [0.05, 0.1) is 17.0 Å². The molecule has 1 heterocycles. The summed E-state index contributed by atoms with van der Waals surface area (Å²) >= 11 is 4.76. The lowest BCUT2D eigenvalue weighted by atomic mass is 10.1. The number of nitrogens with one attached hydrogen (secondary N) is 2. The summed E-state index contributed by atoms with van der Waals surface area (Å²) in [6.45, 7) is 3.78. The Balaban J connectivity index is 1.66. The zero-order valence-corrected chi connectivity index (χ0v) is 18.5. The number of halogens is 1. The van der Waals surface area contributed by atoms with Crippen molar-refractivity contribution in [3.05, 3.63) is 71.0 Å². The fraction of sp³-hybridized carbons (Fsp3) is 0.190. The molecule has 2 amide bonds. The molecule has 0 radical (unpaired) electrons. The van der Waals surface area contributed by atoms with E-state index >= 15 is 0 Å². The number of carbonyl (C=O) groups excluding carboxylic acids is 2. The van der Waals surface area contributed by atoms with Gasteiger partial charge in [-0.25, -0.2) is 4.98 Å². The zero-order valence-electron chi connectivity index (χ0n) is 16.1. The number of anilines is 1. The van der Waals surface area contributed by atoms with Crippen LogP contribution in [0.4, 0.5) is 5.69 Å². The van der Waals surface area contributed by atoms with Crippen molar-refractivity contribution in [3.63, 3.8) is 0 Å². The zero-order chi connectivity index (χ0) is 20.8. The monoisotopic (exact) mass is 472 g/mol. The summed E-state index contributed by atoms with van der Waals surface area (Å²) in [5.74, 6) is -0.243. The first-order valence-electron chi connectivity index (χ1n) is 9.06. The maximum atomic E-state index is 12.5. The van der Waals surface area contributed by atoms with Gasteiger partial charge >= 0.3 is 0 Å². The molecule has 0 spiro atoms. The molecular weight excluding hydrogens is 452 g/mol. The van der Waals surface area contributed by atoms with Crippen molar-refractivity contribution in [3.8, 4) is 5.69 Å². The second-order valence-electron chi connectivity index (χ2n) is 6.57. The molecule has 0 unspecified atom stereocenters. The molecule has 0 aliphatic heterocycles. The molecule has 150 valence electrons. The fourth-order valence-electron chi connectivity index (χ4n) is 2.64. The molecule has 1 aromatic heterocycles. The molecular formula is C21H21BrN4O2S. The van der Waals surface area contributed by atoms with Gasteiger partial charge in [0.2, 0.25) is 5.91 Å². The van der Waals surface area contributed by atoms with Gasteiger partial charge in [-0.2, -0.15) is 0 Å². The summed E-state index contributed by atoms with van der Waals surface area (Å²) in [6, 6.07) is 14.8. The highest BCUT2D eigenvalue weighted by Gasteiger charge is 2.15. The van der Waals surface area contributed by atoms with Crippen LogP contribution >= 0.6 is 27.7 Å². The molecule has 0 atom stereocenters. The van der Waals surface area contributed by atoms with E-state index in [-0.39, 0.29) is 23.6 Å². The van der Waals surface area contributed by atoms with Crippen molar-refractivity contribution in [2.45, 2.75) is 25.0 Å². The molecule has 0 bridgehead atoms. The topological polar surface area (TPSA) is 76.0 Å². The Morgan fingerprint density at radius 3 is 2.59 bits per heavy atom. The summed E-state index contributed by atoms with van der Waals surface area (Å²) in [5.41, 5.74) is 1.90. The fourth-order valence-corrected chi connectivity index (χ4v) is 3.68. The largest absolute Gasteiger partial charge is 0.350 e. The van der Waals surface area contributed by atoms with E-state index in [1.165, 1.54) is 11.8 Å². The smallest absolute Gasteiger partial charge is 0.253 e. The number of thioether (sulfide) groups is 1. The average Bonchev–Trinajstić information content (AvgIpc) is 3.15. The molecule has 2 N–H and O–H groups in total. The molecule has 29 heavy (non-hydrogen) atoms. The molecule has 0 aliphatic carbocycles. The number of aromatic nitrogens is 2. The molecule has 0 fully saturated rings. The number of hydrogen-bond donors (Lipinski definition) is 2. The van der Waals surface area contributed by atoms with Crippen LogP contribution in [0.1, 0.15) is 24.2 Å². The van der Waals surface area contributed by atoms with E-state index in [2.05, 4.69) is 31.5 Å². The minimum atomic E-state index is -0.214. The van der Waals surface area contributed by atoms with Crippen molar-refractivity contribution in [1.29, 1.82) is 0 Å². The van der Waals surface area contributed by atoms with Gasteiger partial charge in [0, 0.05) is 28.6 Å². The van der Waals surface area contributed by atoms with Crippen LogP contribution in [0.2, 0.25) is 0 Å². The van der Waals surface area contributed by atoms with E-state index in [0.29, 0.717) is 16.4 Å². The van der Waals surface area contributed by atoms with E-state index in [1.54, 1.807) is 30.5 Å². The third-order valence-corrected chi connectivity index (χ3v) is 5.41. The predicted octanol–water partition coefficient (Wildman–Crippen LogP) is 4.50. The van der Waals surface area contributed by atoms with Crippen LogP contribution in [0.3, 0.4) is 0 Å². The van der Waals surface area contributed by atoms with Gasteiger partial charge in [-0.1, -0.05) is 39.8 Å². The SMILES string of the molecule is CC(C)NC(=O)c1ccccc1NC(=O)CSc1nccn1-c1ccc(Br)cc1. The number of amides is 2. The second-order valence-corrected chi connectivity index (χ2v) is 8.43. The van der Waals surface area contributed by atoms with Crippen LogP contribution in [-0.2, 0) is 4.79 Å². The number of nitrogens with zero attached hydrogens (tertiary/aromatic N) is 2. The van der Waals surface area contributed by atoms with Crippen LogP contribution in [0.25, 0.3) is 5.69 Å². The number of hydrogen-bond acceptors (Lipinski definition) is 4. The maximum absolute atomic E-state index is 12.5. The Morgan fingerprint density at radius 2 is 1.86 bits per heavy atom. The van der Waals surface area contributed by atoms with Gasteiger partial charge in [-0.05, 0) is 50.2 Å². The lowest BCUT2D eigenvalue weighted by molar-refractivity contribution is -0.113. The highest BCUT2D eigenvalue weighted by atomic mass is 79.9. The Bertz CT molecular complexity index is 1000. The Morgan fingerprint density at radius 1 is 1.14 bits per heavy atom. The number of rotatable bonds is 7. The highest BCUT2D eigenvalue weighted by molar-refractivity contribution is 9.10. The quantitative estimate of drug-likeness (QED) is 0.496. The van der Waals surface area contributed by atoms with Crippen LogP contribution in [0.5, 0.6) is 0 Å². The lowest BCUT2D eigenvalue weighted by Gasteiger charge is -2.13. The minimum absolute atomic E-state index is 0.0132. The highest BCUT2D eigenvalue weighted by Crippen LogP contribution is 2.22. The molecule has 0 saturated carbocycles. The summed E-state index contributed by atoms with van der Waals surface area (Å²) in [4.78, 5) is 29.2. The lowest BCUT2D eigenvalue weighted by Crippen LogP contribution is -2.31. The second kappa shape index (κ2) is 9.76. The van der Waals surface area contributed by atoms with E-state index in [4.69, 9.17) is 0 Å². The molecule has 8 heteroatoms. The van der Waals surface area contributed by atoms with E-state index in [9.17, 15) is 9.59 Å². The van der Waals surface area contributed by atoms with E-state index < -0.39 is 0 Å². The molecule has 3 aromatic rings. The van der Waals surface area contributed by atoms with Gasteiger partial charge < -0.3 is 10.6 Å². The van der Waals surface area contributed by atoms with Gasteiger partial charge in [0.1, 0.15) is 0 Å². The molecule has 3 rings (SSSR count). The minimum Gasteiger partial charge on any atom is -0.350 e. The van der Waals surface area contributed by atoms with Crippen LogP contribution in [0.15, 0.2) is 70.6 Å². The maximum Gasteiger partial charge on any atom is 0.253 e. The standard InChI is InChI=1S/C21H21BrN4O2S/c1-14(2)24-20(28)17-5-3-4-6-18(17)25-19(27)13-29-21-23-11-12-26(21)16-9-7-15(22)8-10-16/h3-12,14H,13H2,1-2H3,(H,24,28)(H,25,27). The summed E-state index contributed by atoms with van der Waals surface area (Å²) in [6.07, 6.45) is 3.56. The summed E-state index contributed by atoms with van der Waals surface area (Å²) < 4.78 is 2.92. The third kappa shape index (κ3) is 5.71. The van der Waals surface area contributed by atoms with Crippen LogP contribution < -0.4 is 10.6 Å². The van der Waals surface area contributed by atoms with Crippen molar-refractivity contribution < 1.29 is 9.59 Å². The van der Waals surface area contributed by atoms with E-state index in [0.717, 1.165) is 10.2 Å². The van der Waals surface area contributed by atoms with Gasteiger partial charge in [0.15, 0.2) is 5.16 Å². The summed E-state index contributed by atoms with van der Waals surface area (Å²) in [5, 5.41) is 6.39. The molecule has 2 aromatic carbocycles. The Kier molecular flexibility index (Phi) is 7.11. The van der Waals surface area contributed by atoms with Crippen molar-refractivity contribution in [2.75, 3.05) is 11.1 Å². The third-order valence-electron chi connectivity index (χ3n) is 3.91. The van der Waals surface area contributed by atoms with Crippen molar-refractivity contribution in [1.82, 2.24) is 14.9 Å². The first-order valence-corrected chi connectivity index (χ1v) is 10.8. The van der Waals surface area contributed by atoms with Crippen molar-refractivity contribution in [2.24, 2.45) is 0 Å².